The van der Waals surface area contributed by atoms with Crippen LogP contribution in [0.2, 0.25) is 0 Å². The van der Waals surface area contributed by atoms with Crippen LogP contribution in [0.5, 0.6) is 5.75 Å². The van der Waals surface area contributed by atoms with E-state index < -0.39 is 0 Å². The molecule has 1 aromatic rings. The first-order valence-electron chi connectivity index (χ1n) is 6.19. The molecule has 0 saturated carbocycles. The van der Waals surface area contributed by atoms with Gasteiger partial charge in [0, 0.05) is 19.2 Å². The van der Waals surface area contributed by atoms with Gasteiger partial charge in [0.25, 0.3) is 0 Å². The van der Waals surface area contributed by atoms with E-state index in [1.807, 2.05) is 12.1 Å². The fourth-order valence-electron chi connectivity index (χ4n) is 1.58. The van der Waals surface area contributed by atoms with Crippen LogP contribution in [0.4, 0.5) is 0 Å². The summed E-state index contributed by atoms with van der Waals surface area (Å²) in [7, 11) is 0. The minimum atomic E-state index is 0.227. The van der Waals surface area contributed by atoms with Gasteiger partial charge in [0.1, 0.15) is 5.75 Å². The largest absolute Gasteiger partial charge is 0.508 e. The number of hydrogen-bond acceptors (Lipinski definition) is 3. The average molecular weight is 237 g/mol. The summed E-state index contributed by atoms with van der Waals surface area (Å²) in [6, 6.07) is 7.56. The third-order valence-corrected chi connectivity index (χ3v) is 2.52. The van der Waals surface area contributed by atoms with E-state index in [0.717, 1.165) is 25.3 Å². The standard InChI is InChI=1S/C14H23NO2/c1-11(2)10-17-8-7-15-12(3)13-5-4-6-14(16)9-13/h4-6,9,11-12,15-16H,7-8,10H2,1-3H3. The maximum Gasteiger partial charge on any atom is 0.115 e. The SMILES string of the molecule is CC(C)COCCNC(C)c1cccc(O)c1. The zero-order valence-corrected chi connectivity index (χ0v) is 10.9. The van der Waals surface area contributed by atoms with E-state index in [0.29, 0.717) is 11.7 Å². The Bertz CT molecular complexity index is 326. The number of rotatable bonds is 7. The molecule has 0 aliphatic rings. The van der Waals surface area contributed by atoms with Crippen LogP contribution in [0.25, 0.3) is 0 Å². The molecule has 0 amide bonds. The maximum atomic E-state index is 9.38. The second kappa shape index (κ2) is 7.30. The molecule has 0 aromatic heterocycles. The number of hydrogen-bond donors (Lipinski definition) is 2. The van der Waals surface area contributed by atoms with Crippen LogP contribution >= 0.6 is 0 Å². The minimum absolute atomic E-state index is 0.227. The Kier molecular flexibility index (Phi) is 6.01. The van der Waals surface area contributed by atoms with Gasteiger partial charge in [-0.1, -0.05) is 26.0 Å². The monoisotopic (exact) mass is 237 g/mol. The Hall–Kier alpha value is -1.06. The van der Waals surface area contributed by atoms with E-state index in [1.165, 1.54) is 0 Å². The molecule has 96 valence electrons. The van der Waals surface area contributed by atoms with Crippen molar-refractivity contribution in [1.29, 1.82) is 0 Å². The fraction of sp³-hybridized carbons (Fsp3) is 0.571. The molecule has 1 aromatic carbocycles. The molecule has 2 N–H and O–H groups in total. The van der Waals surface area contributed by atoms with Crippen LogP contribution in [0.15, 0.2) is 24.3 Å². The third kappa shape index (κ3) is 5.71. The molecule has 0 spiro atoms. The normalized spacial score (nSPS) is 12.9. The van der Waals surface area contributed by atoms with E-state index in [2.05, 4.69) is 26.1 Å². The maximum absolute atomic E-state index is 9.38. The second-order valence-corrected chi connectivity index (χ2v) is 4.74. The summed E-state index contributed by atoms with van der Waals surface area (Å²) in [5, 5.41) is 12.7. The van der Waals surface area contributed by atoms with Gasteiger partial charge in [-0.25, -0.2) is 0 Å². The van der Waals surface area contributed by atoms with Crippen molar-refractivity contribution in [1.82, 2.24) is 5.32 Å². The summed E-state index contributed by atoms with van der Waals surface area (Å²) in [4.78, 5) is 0. The Morgan fingerprint density at radius 1 is 1.29 bits per heavy atom. The van der Waals surface area contributed by atoms with Crippen molar-refractivity contribution in [2.45, 2.75) is 26.8 Å². The van der Waals surface area contributed by atoms with E-state index in [1.54, 1.807) is 12.1 Å². The number of benzene rings is 1. The van der Waals surface area contributed by atoms with Crippen LogP contribution in [-0.2, 0) is 4.74 Å². The Balaban J connectivity index is 2.23. The molecule has 3 heteroatoms. The van der Waals surface area contributed by atoms with Gasteiger partial charge in [0.15, 0.2) is 0 Å². The predicted octanol–water partition coefficient (Wildman–Crippen LogP) is 2.72. The molecule has 17 heavy (non-hydrogen) atoms. The van der Waals surface area contributed by atoms with Crippen LogP contribution in [0.3, 0.4) is 0 Å². The summed E-state index contributed by atoms with van der Waals surface area (Å²) in [6.45, 7) is 8.72. The quantitative estimate of drug-likeness (QED) is 0.716. The number of aromatic hydroxyl groups is 1. The molecule has 0 aliphatic heterocycles. The smallest absolute Gasteiger partial charge is 0.115 e. The summed E-state index contributed by atoms with van der Waals surface area (Å²) < 4.78 is 5.49. The van der Waals surface area contributed by atoms with Crippen molar-refractivity contribution in [3.63, 3.8) is 0 Å². The minimum Gasteiger partial charge on any atom is -0.508 e. The van der Waals surface area contributed by atoms with Crippen LogP contribution in [0, 0.1) is 5.92 Å². The van der Waals surface area contributed by atoms with Crippen molar-refractivity contribution in [3.05, 3.63) is 29.8 Å². The van der Waals surface area contributed by atoms with Gasteiger partial charge in [-0.05, 0) is 30.5 Å². The Labute approximate surface area is 104 Å². The van der Waals surface area contributed by atoms with E-state index in [4.69, 9.17) is 4.74 Å². The number of nitrogens with one attached hydrogen (secondary N) is 1. The van der Waals surface area contributed by atoms with Crippen molar-refractivity contribution < 1.29 is 9.84 Å². The molecule has 0 aliphatic carbocycles. The highest BCUT2D eigenvalue weighted by Gasteiger charge is 2.04. The fourth-order valence-corrected chi connectivity index (χ4v) is 1.58. The molecule has 0 saturated heterocycles. The van der Waals surface area contributed by atoms with Crippen molar-refractivity contribution in [3.8, 4) is 5.75 Å². The first kappa shape index (κ1) is 14.0. The first-order valence-corrected chi connectivity index (χ1v) is 6.19. The Morgan fingerprint density at radius 3 is 2.71 bits per heavy atom. The van der Waals surface area contributed by atoms with Crippen LogP contribution in [0.1, 0.15) is 32.4 Å². The molecule has 0 bridgehead atoms. The topological polar surface area (TPSA) is 41.5 Å². The molecule has 0 radical (unpaired) electrons. The summed E-state index contributed by atoms with van der Waals surface area (Å²) in [6.07, 6.45) is 0. The van der Waals surface area contributed by atoms with E-state index >= 15 is 0 Å². The lowest BCUT2D eigenvalue weighted by atomic mass is 10.1. The summed E-state index contributed by atoms with van der Waals surface area (Å²) in [5.41, 5.74) is 1.09. The highest BCUT2D eigenvalue weighted by atomic mass is 16.5. The number of phenols is 1. The highest BCUT2D eigenvalue weighted by Crippen LogP contribution is 2.17. The van der Waals surface area contributed by atoms with Gasteiger partial charge in [0.05, 0.1) is 6.61 Å². The molecule has 0 heterocycles. The molecule has 1 unspecified atom stereocenters. The average Bonchev–Trinajstić information content (AvgIpc) is 2.28. The predicted molar refractivity (Wildman–Crippen MR) is 70.2 cm³/mol. The first-order chi connectivity index (χ1) is 8.09. The zero-order valence-electron chi connectivity index (χ0n) is 10.9. The molecular formula is C14H23NO2. The molecule has 0 fully saturated rings. The zero-order chi connectivity index (χ0) is 12.7. The molecular weight excluding hydrogens is 214 g/mol. The number of phenolic OH excluding ortho intramolecular Hbond substituents is 1. The lowest BCUT2D eigenvalue weighted by Crippen LogP contribution is -2.23. The van der Waals surface area contributed by atoms with Gasteiger partial charge in [-0.2, -0.15) is 0 Å². The second-order valence-electron chi connectivity index (χ2n) is 4.74. The van der Waals surface area contributed by atoms with E-state index in [-0.39, 0.29) is 6.04 Å². The van der Waals surface area contributed by atoms with Crippen molar-refractivity contribution >= 4 is 0 Å². The van der Waals surface area contributed by atoms with Crippen molar-refractivity contribution in [2.75, 3.05) is 19.8 Å². The van der Waals surface area contributed by atoms with Gasteiger partial charge >= 0.3 is 0 Å². The Morgan fingerprint density at radius 2 is 2.06 bits per heavy atom. The summed E-state index contributed by atoms with van der Waals surface area (Å²) >= 11 is 0. The van der Waals surface area contributed by atoms with Gasteiger partial charge in [-0.3, -0.25) is 0 Å². The van der Waals surface area contributed by atoms with Crippen molar-refractivity contribution in [2.24, 2.45) is 5.92 Å². The van der Waals surface area contributed by atoms with E-state index in [9.17, 15) is 5.11 Å². The van der Waals surface area contributed by atoms with Gasteiger partial charge in [0.2, 0.25) is 0 Å². The van der Waals surface area contributed by atoms with Crippen LogP contribution < -0.4 is 5.32 Å². The summed E-state index contributed by atoms with van der Waals surface area (Å²) in [5.74, 6) is 0.894. The third-order valence-electron chi connectivity index (χ3n) is 2.52. The lowest BCUT2D eigenvalue weighted by Gasteiger charge is -2.15. The highest BCUT2D eigenvalue weighted by molar-refractivity contribution is 5.28. The number of ether oxygens (including phenoxy) is 1. The van der Waals surface area contributed by atoms with Crippen LogP contribution in [-0.4, -0.2) is 24.9 Å². The van der Waals surface area contributed by atoms with Gasteiger partial charge < -0.3 is 15.2 Å². The molecule has 1 atom stereocenters. The molecule has 1 rings (SSSR count). The lowest BCUT2D eigenvalue weighted by molar-refractivity contribution is 0.110. The van der Waals surface area contributed by atoms with Gasteiger partial charge in [-0.15, -0.1) is 0 Å². The molecule has 3 nitrogen and oxygen atoms in total.